The first-order chi connectivity index (χ1) is 9.08. The molecule has 0 radical (unpaired) electrons. The maximum Gasteiger partial charge on any atom is 0.253 e. The Hall–Kier alpha value is -2.43. The fourth-order valence-corrected chi connectivity index (χ4v) is 1.68. The summed E-state index contributed by atoms with van der Waals surface area (Å²) in [5.41, 5.74) is 2.53. The van der Waals surface area contributed by atoms with Crippen molar-refractivity contribution in [2.45, 2.75) is 6.92 Å². The van der Waals surface area contributed by atoms with E-state index >= 15 is 0 Å². The van der Waals surface area contributed by atoms with Crippen molar-refractivity contribution in [1.82, 2.24) is 14.9 Å². The van der Waals surface area contributed by atoms with Gasteiger partial charge in [0, 0.05) is 37.7 Å². The highest BCUT2D eigenvalue weighted by Gasteiger charge is 2.09. The van der Waals surface area contributed by atoms with Gasteiger partial charge in [0.25, 0.3) is 5.91 Å². The van der Waals surface area contributed by atoms with Crippen LogP contribution in [0.3, 0.4) is 0 Å². The number of amides is 1. The lowest BCUT2D eigenvalue weighted by Crippen LogP contribution is -2.21. The van der Waals surface area contributed by atoms with Crippen molar-refractivity contribution in [1.29, 1.82) is 0 Å². The monoisotopic (exact) mass is 256 g/mol. The first-order valence-corrected chi connectivity index (χ1v) is 5.94. The van der Waals surface area contributed by atoms with Crippen LogP contribution in [-0.2, 0) is 0 Å². The second-order valence-electron chi connectivity index (χ2n) is 4.43. The van der Waals surface area contributed by atoms with E-state index < -0.39 is 0 Å². The van der Waals surface area contributed by atoms with E-state index in [0.29, 0.717) is 11.5 Å². The second-order valence-corrected chi connectivity index (χ2v) is 4.43. The number of aromatic nitrogens is 2. The van der Waals surface area contributed by atoms with Gasteiger partial charge in [-0.25, -0.2) is 9.97 Å². The number of carbonyl (C=O) groups excluding carboxylic acids is 1. The molecule has 0 bridgehead atoms. The number of anilines is 2. The van der Waals surface area contributed by atoms with E-state index in [1.807, 2.05) is 19.1 Å². The van der Waals surface area contributed by atoms with Crippen LogP contribution in [0.25, 0.3) is 0 Å². The summed E-state index contributed by atoms with van der Waals surface area (Å²) in [5.74, 6) is 0.530. The van der Waals surface area contributed by atoms with Crippen LogP contribution in [0.4, 0.5) is 11.6 Å². The molecule has 1 aromatic carbocycles. The molecule has 19 heavy (non-hydrogen) atoms. The smallest absolute Gasteiger partial charge is 0.253 e. The van der Waals surface area contributed by atoms with Crippen molar-refractivity contribution < 1.29 is 4.79 Å². The van der Waals surface area contributed by atoms with Crippen LogP contribution >= 0.6 is 0 Å². The topological polar surface area (TPSA) is 58.1 Å². The molecule has 0 spiro atoms. The van der Waals surface area contributed by atoms with Crippen LogP contribution in [0.5, 0.6) is 0 Å². The molecule has 1 heterocycles. The minimum atomic E-state index is -0.00869. The molecule has 1 aromatic heterocycles. The zero-order valence-corrected chi connectivity index (χ0v) is 11.2. The van der Waals surface area contributed by atoms with Crippen molar-refractivity contribution >= 4 is 17.5 Å². The summed E-state index contributed by atoms with van der Waals surface area (Å²) in [6.45, 7) is 1.94. The highest BCUT2D eigenvalue weighted by atomic mass is 16.2. The molecule has 0 unspecified atom stereocenters. The molecule has 0 fully saturated rings. The quantitative estimate of drug-likeness (QED) is 0.915. The Morgan fingerprint density at radius 1 is 1.21 bits per heavy atom. The summed E-state index contributed by atoms with van der Waals surface area (Å²) in [5, 5.41) is 3.12. The highest BCUT2D eigenvalue weighted by molar-refractivity contribution is 5.94. The van der Waals surface area contributed by atoms with Gasteiger partial charge in [0.15, 0.2) is 0 Å². The molecule has 1 N–H and O–H groups in total. The van der Waals surface area contributed by atoms with Crippen LogP contribution in [0.1, 0.15) is 15.9 Å². The summed E-state index contributed by atoms with van der Waals surface area (Å²) in [6, 6.07) is 7.27. The van der Waals surface area contributed by atoms with Crippen LogP contribution < -0.4 is 5.32 Å². The summed E-state index contributed by atoms with van der Waals surface area (Å²) >= 11 is 0. The lowest BCUT2D eigenvalue weighted by molar-refractivity contribution is 0.0827. The van der Waals surface area contributed by atoms with Crippen LogP contribution in [-0.4, -0.2) is 34.9 Å². The van der Waals surface area contributed by atoms with Gasteiger partial charge in [-0.3, -0.25) is 4.79 Å². The molecule has 0 aliphatic rings. The molecule has 2 rings (SSSR count). The number of aryl methyl sites for hydroxylation is 1. The Labute approximate surface area is 112 Å². The van der Waals surface area contributed by atoms with Gasteiger partial charge < -0.3 is 10.2 Å². The van der Waals surface area contributed by atoms with E-state index in [2.05, 4.69) is 15.3 Å². The van der Waals surface area contributed by atoms with Crippen molar-refractivity contribution in [2.24, 2.45) is 0 Å². The lowest BCUT2D eigenvalue weighted by Gasteiger charge is -2.13. The summed E-state index contributed by atoms with van der Waals surface area (Å²) < 4.78 is 0. The normalized spacial score (nSPS) is 10.1. The molecule has 5 heteroatoms. The van der Waals surface area contributed by atoms with Crippen LogP contribution in [0.15, 0.2) is 36.7 Å². The lowest BCUT2D eigenvalue weighted by atomic mass is 10.1. The van der Waals surface area contributed by atoms with Crippen LogP contribution in [0, 0.1) is 6.92 Å². The van der Waals surface area contributed by atoms with Crippen molar-refractivity contribution in [2.75, 3.05) is 19.4 Å². The maximum absolute atomic E-state index is 11.8. The third kappa shape index (κ3) is 3.07. The molecule has 5 nitrogen and oxygen atoms in total. The van der Waals surface area contributed by atoms with E-state index in [0.717, 1.165) is 11.3 Å². The standard InChI is InChI=1S/C14H16N4O/c1-10-9-11(13(19)18(2)3)5-6-12(10)17-14-15-7-4-8-16-14/h4-9H,1-3H3,(H,15,16,17). The maximum atomic E-state index is 11.8. The van der Waals surface area contributed by atoms with E-state index in [4.69, 9.17) is 0 Å². The average molecular weight is 256 g/mol. The molecule has 0 saturated carbocycles. The van der Waals surface area contributed by atoms with E-state index in [-0.39, 0.29) is 5.91 Å². The number of rotatable bonds is 3. The predicted octanol–water partition coefficient (Wildman–Crippen LogP) is 2.23. The largest absolute Gasteiger partial charge is 0.345 e. The number of hydrogen-bond donors (Lipinski definition) is 1. The molecule has 98 valence electrons. The molecule has 1 amide bonds. The van der Waals surface area contributed by atoms with Gasteiger partial charge in [-0.05, 0) is 36.8 Å². The third-order valence-corrected chi connectivity index (χ3v) is 2.69. The van der Waals surface area contributed by atoms with E-state index in [1.54, 1.807) is 43.5 Å². The minimum Gasteiger partial charge on any atom is -0.345 e. The average Bonchev–Trinajstić information content (AvgIpc) is 2.41. The Bertz CT molecular complexity index is 581. The zero-order valence-electron chi connectivity index (χ0n) is 11.2. The fourth-order valence-electron chi connectivity index (χ4n) is 1.68. The summed E-state index contributed by atoms with van der Waals surface area (Å²) in [7, 11) is 3.48. The molecule has 0 saturated heterocycles. The zero-order chi connectivity index (χ0) is 13.8. The summed E-state index contributed by atoms with van der Waals surface area (Å²) in [4.78, 5) is 21.6. The van der Waals surface area contributed by atoms with E-state index in [9.17, 15) is 4.79 Å². The molecule has 0 aliphatic heterocycles. The van der Waals surface area contributed by atoms with Crippen LogP contribution in [0.2, 0.25) is 0 Å². The van der Waals surface area contributed by atoms with Crippen molar-refractivity contribution in [3.63, 3.8) is 0 Å². The first-order valence-electron chi connectivity index (χ1n) is 5.94. The molecular formula is C14H16N4O. The number of hydrogen-bond acceptors (Lipinski definition) is 4. The van der Waals surface area contributed by atoms with Gasteiger partial charge in [-0.2, -0.15) is 0 Å². The van der Waals surface area contributed by atoms with Gasteiger partial charge in [-0.15, -0.1) is 0 Å². The van der Waals surface area contributed by atoms with Gasteiger partial charge >= 0.3 is 0 Å². The first kappa shape index (κ1) is 13.0. The SMILES string of the molecule is Cc1cc(C(=O)N(C)C)ccc1Nc1ncccn1. The van der Waals surface area contributed by atoms with Gasteiger partial charge in [-0.1, -0.05) is 0 Å². The number of nitrogens with one attached hydrogen (secondary N) is 1. The Kier molecular flexibility index (Phi) is 3.75. The van der Waals surface area contributed by atoms with Gasteiger partial charge in [0.2, 0.25) is 5.95 Å². The minimum absolute atomic E-state index is 0.00869. The molecule has 2 aromatic rings. The predicted molar refractivity (Wildman–Crippen MR) is 74.5 cm³/mol. The number of nitrogens with zero attached hydrogens (tertiary/aromatic N) is 3. The highest BCUT2D eigenvalue weighted by Crippen LogP contribution is 2.19. The number of carbonyl (C=O) groups is 1. The second kappa shape index (κ2) is 5.48. The Morgan fingerprint density at radius 2 is 1.89 bits per heavy atom. The Balaban J connectivity index is 2.23. The van der Waals surface area contributed by atoms with E-state index in [1.165, 1.54) is 0 Å². The number of benzene rings is 1. The summed E-state index contributed by atoms with van der Waals surface area (Å²) in [6.07, 6.45) is 3.35. The molecule has 0 aliphatic carbocycles. The third-order valence-electron chi connectivity index (χ3n) is 2.69. The van der Waals surface area contributed by atoms with Gasteiger partial charge in [0.05, 0.1) is 0 Å². The van der Waals surface area contributed by atoms with Crippen molar-refractivity contribution in [3.8, 4) is 0 Å². The van der Waals surface area contributed by atoms with Crippen molar-refractivity contribution in [3.05, 3.63) is 47.8 Å². The Morgan fingerprint density at radius 3 is 2.47 bits per heavy atom. The molecule has 0 atom stereocenters. The molecular weight excluding hydrogens is 240 g/mol. The fraction of sp³-hybridized carbons (Fsp3) is 0.214. The van der Waals surface area contributed by atoms with Gasteiger partial charge in [0.1, 0.15) is 0 Å².